The predicted octanol–water partition coefficient (Wildman–Crippen LogP) is 2.30. The average Bonchev–Trinajstić information content (AvgIpc) is 2.80. The number of carboxylic acid groups (broad SMARTS) is 1. The molecule has 1 aromatic heterocycles. The van der Waals surface area contributed by atoms with Gasteiger partial charge < -0.3 is 14.7 Å². The second-order valence-corrected chi connectivity index (χ2v) is 5.53. The van der Waals surface area contributed by atoms with E-state index in [1.54, 1.807) is 36.5 Å². The Morgan fingerprint density at radius 2 is 2.12 bits per heavy atom. The molecular weight excluding hydrogens is 308 g/mol. The fraction of sp³-hybridized carbons (Fsp3) is 0.278. The Morgan fingerprint density at radius 3 is 2.88 bits per heavy atom. The second kappa shape index (κ2) is 6.70. The lowest BCUT2D eigenvalue weighted by atomic mass is 10.0. The zero-order chi connectivity index (χ0) is 17.1. The fourth-order valence-corrected chi connectivity index (χ4v) is 2.83. The Morgan fingerprint density at radius 1 is 1.33 bits per heavy atom. The molecule has 0 fully saturated rings. The quantitative estimate of drug-likeness (QED) is 0.936. The zero-order valence-electron chi connectivity index (χ0n) is 13.3. The molecule has 0 radical (unpaired) electrons. The predicted molar refractivity (Wildman–Crippen MR) is 87.0 cm³/mol. The molecule has 3 rings (SSSR count). The van der Waals surface area contributed by atoms with E-state index in [0.717, 1.165) is 12.0 Å². The van der Waals surface area contributed by atoms with Gasteiger partial charge in [-0.25, -0.2) is 4.79 Å². The van der Waals surface area contributed by atoms with Crippen molar-refractivity contribution in [3.63, 3.8) is 0 Å². The lowest BCUT2D eigenvalue weighted by molar-refractivity contribution is -0.142. The number of carboxylic acids is 1. The Hall–Kier alpha value is -2.89. The molecule has 0 bridgehead atoms. The molecule has 1 N–H and O–H groups in total. The number of carbonyl (C=O) groups is 2. The van der Waals surface area contributed by atoms with Crippen LogP contribution in [0.25, 0.3) is 0 Å². The number of hydrogen-bond acceptors (Lipinski definition) is 4. The van der Waals surface area contributed by atoms with E-state index >= 15 is 0 Å². The van der Waals surface area contributed by atoms with E-state index in [4.69, 9.17) is 4.74 Å². The van der Waals surface area contributed by atoms with Crippen LogP contribution in [-0.4, -0.2) is 40.0 Å². The third-order valence-corrected chi connectivity index (χ3v) is 4.06. The van der Waals surface area contributed by atoms with E-state index in [1.165, 1.54) is 4.90 Å². The molecular formula is C18H18N2O4. The minimum atomic E-state index is -1.09. The molecule has 1 unspecified atom stereocenters. The van der Waals surface area contributed by atoms with E-state index in [9.17, 15) is 14.7 Å². The first-order chi connectivity index (χ1) is 11.6. The van der Waals surface area contributed by atoms with Gasteiger partial charge in [0.1, 0.15) is 18.1 Å². The summed E-state index contributed by atoms with van der Waals surface area (Å²) in [6.07, 6.45) is 2.35. The third-order valence-electron chi connectivity index (χ3n) is 4.06. The lowest BCUT2D eigenvalue weighted by Crippen LogP contribution is -2.40. The number of amides is 1. The number of fused-ring (bicyclic) bond motifs is 1. The van der Waals surface area contributed by atoms with E-state index in [1.807, 2.05) is 13.0 Å². The smallest absolute Gasteiger partial charge is 0.331 e. The first-order valence-electron chi connectivity index (χ1n) is 7.82. The van der Waals surface area contributed by atoms with Crippen molar-refractivity contribution < 1.29 is 19.4 Å². The van der Waals surface area contributed by atoms with Crippen LogP contribution >= 0.6 is 0 Å². The highest BCUT2D eigenvalue weighted by molar-refractivity contribution is 5.95. The third kappa shape index (κ3) is 2.95. The highest BCUT2D eigenvalue weighted by atomic mass is 16.5. The maximum absolute atomic E-state index is 12.9. The highest BCUT2D eigenvalue weighted by Crippen LogP contribution is 2.32. The first-order valence-corrected chi connectivity index (χ1v) is 7.82. The second-order valence-electron chi connectivity index (χ2n) is 5.53. The number of aliphatic carboxylic acids is 1. The molecule has 1 atom stereocenters. The molecule has 1 aliphatic rings. The van der Waals surface area contributed by atoms with Gasteiger partial charge in [-0.1, -0.05) is 25.1 Å². The molecule has 1 amide bonds. The maximum Gasteiger partial charge on any atom is 0.331 e. The highest BCUT2D eigenvalue weighted by Gasteiger charge is 2.36. The Balaban J connectivity index is 2.02. The van der Waals surface area contributed by atoms with Gasteiger partial charge in [0, 0.05) is 11.8 Å². The van der Waals surface area contributed by atoms with Gasteiger partial charge in [-0.05, 0) is 30.2 Å². The standard InChI is InChI=1S/C18H18N2O4/c1-2-12-7-8-19-14(11-12)17(21)20-9-10-24-15-6-4-3-5-13(15)16(20)18(22)23/h3-8,11,16H,2,9-10H2,1H3,(H,22,23). The van der Waals surface area contributed by atoms with Gasteiger partial charge in [0.25, 0.3) is 5.91 Å². The summed E-state index contributed by atoms with van der Waals surface area (Å²) in [5.41, 5.74) is 1.70. The molecule has 124 valence electrons. The monoisotopic (exact) mass is 326 g/mol. The minimum Gasteiger partial charge on any atom is -0.491 e. The number of aryl methyl sites for hydroxylation is 1. The number of benzene rings is 1. The van der Waals surface area contributed by atoms with Gasteiger partial charge in [0.2, 0.25) is 0 Å². The zero-order valence-corrected chi connectivity index (χ0v) is 13.3. The summed E-state index contributed by atoms with van der Waals surface area (Å²) in [5.74, 6) is -0.999. The average molecular weight is 326 g/mol. The summed E-state index contributed by atoms with van der Waals surface area (Å²) in [5, 5.41) is 9.71. The van der Waals surface area contributed by atoms with Crippen LogP contribution in [0.15, 0.2) is 42.6 Å². The van der Waals surface area contributed by atoms with Crippen molar-refractivity contribution in [3.05, 3.63) is 59.4 Å². The van der Waals surface area contributed by atoms with Gasteiger partial charge in [-0.2, -0.15) is 0 Å². The Bertz CT molecular complexity index is 775. The summed E-state index contributed by atoms with van der Waals surface area (Å²) in [7, 11) is 0. The van der Waals surface area contributed by atoms with Crippen LogP contribution < -0.4 is 4.74 Å². The van der Waals surface area contributed by atoms with Crippen LogP contribution in [-0.2, 0) is 11.2 Å². The first kappa shape index (κ1) is 16.0. The molecule has 0 saturated carbocycles. The number of para-hydroxylation sites is 1. The largest absolute Gasteiger partial charge is 0.491 e. The summed E-state index contributed by atoms with van der Waals surface area (Å²) >= 11 is 0. The molecule has 0 saturated heterocycles. The number of carbonyl (C=O) groups excluding carboxylic acids is 1. The van der Waals surface area contributed by atoms with Gasteiger partial charge in [0.15, 0.2) is 6.04 Å². The van der Waals surface area contributed by atoms with E-state index < -0.39 is 17.9 Å². The van der Waals surface area contributed by atoms with Gasteiger partial charge in [0.05, 0.1) is 6.54 Å². The Kier molecular flexibility index (Phi) is 4.46. The van der Waals surface area contributed by atoms with Crippen molar-refractivity contribution in [3.8, 4) is 5.75 Å². The van der Waals surface area contributed by atoms with Crippen molar-refractivity contribution in [1.82, 2.24) is 9.88 Å². The topological polar surface area (TPSA) is 79.7 Å². The SMILES string of the molecule is CCc1ccnc(C(=O)N2CCOc3ccccc3C2C(=O)O)c1. The number of pyridine rings is 1. The van der Waals surface area contributed by atoms with Crippen molar-refractivity contribution in [1.29, 1.82) is 0 Å². The summed E-state index contributed by atoms with van der Waals surface area (Å²) in [6.45, 7) is 2.40. The number of nitrogens with zero attached hydrogens (tertiary/aromatic N) is 2. The van der Waals surface area contributed by atoms with Gasteiger partial charge in [-0.3, -0.25) is 9.78 Å². The molecule has 1 aliphatic heterocycles. The number of hydrogen-bond donors (Lipinski definition) is 1. The van der Waals surface area contributed by atoms with Crippen molar-refractivity contribution in [2.45, 2.75) is 19.4 Å². The number of aromatic nitrogens is 1. The normalized spacial score (nSPS) is 16.7. The van der Waals surface area contributed by atoms with Crippen LogP contribution in [0.4, 0.5) is 0 Å². The molecule has 0 aliphatic carbocycles. The fourth-order valence-electron chi connectivity index (χ4n) is 2.83. The molecule has 1 aromatic carbocycles. The molecule has 0 spiro atoms. The van der Waals surface area contributed by atoms with Crippen LogP contribution in [0.2, 0.25) is 0 Å². The molecule has 24 heavy (non-hydrogen) atoms. The molecule has 2 aromatic rings. The van der Waals surface area contributed by atoms with Crippen LogP contribution in [0.3, 0.4) is 0 Å². The lowest BCUT2D eigenvalue weighted by Gasteiger charge is -2.26. The maximum atomic E-state index is 12.9. The van der Waals surface area contributed by atoms with E-state index in [0.29, 0.717) is 11.3 Å². The summed E-state index contributed by atoms with van der Waals surface area (Å²) in [6, 6.07) is 9.36. The molecule has 2 heterocycles. The molecule has 6 heteroatoms. The van der Waals surface area contributed by atoms with Crippen LogP contribution in [0.1, 0.15) is 34.6 Å². The van der Waals surface area contributed by atoms with Gasteiger partial charge >= 0.3 is 5.97 Å². The van der Waals surface area contributed by atoms with Crippen molar-refractivity contribution in [2.75, 3.05) is 13.2 Å². The van der Waals surface area contributed by atoms with Crippen LogP contribution in [0.5, 0.6) is 5.75 Å². The van der Waals surface area contributed by atoms with E-state index in [2.05, 4.69) is 4.98 Å². The molecule has 6 nitrogen and oxygen atoms in total. The van der Waals surface area contributed by atoms with E-state index in [-0.39, 0.29) is 18.8 Å². The van der Waals surface area contributed by atoms with Crippen molar-refractivity contribution in [2.24, 2.45) is 0 Å². The number of rotatable bonds is 3. The minimum absolute atomic E-state index is 0.183. The van der Waals surface area contributed by atoms with Crippen LogP contribution in [0, 0.1) is 0 Å². The van der Waals surface area contributed by atoms with Gasteiger partial charge in [-0.15, -0.1) is 0 Å². The summed E-state index contributed by atoms with van der Waals surface area (Å²) < 4.78 is 5.61. The van der Waals surface area contributed by atoms with Crippen molar-refractivity contribution >= 4 is 11.9 Å². The number of ether oxygens (including phenoxy) is 1. The summed E-state index contributed by atoms with van der Waals surface area (Å²) in [4.78, 5) is 30.2. The Labute approximate surface area is 139 Å².